The highest BCUT2D eigenvalue weighted by molar-refractivity contribution is 5.76. The lowest BCUT2D eigenvalue weighted by atomic mass is 10.0. The van der Waals surface area contributed by atoms with E-state index in [1.165, 1.54) is 347 Å². The quantitative estimate of drug-likeness (QED) is 0.0417. The zero-order valence-corrected chi connectivity index (χ0v) is 52.7. The van der Waals surface area contributed by atoms with E-state index in [1.807, 2.05) is 0 Å². The standard InChI is InChI=1S/C71H141NO5/c1-3-5-7-9-11-13-15-17-36-41-45-49-53-57-61-65-71(76)77-66-62-58-54-50-46-42-38-35-33-31-29-27-25-23-21-19-20-22-24-26-28-30-32-34-37-40-44-48-52-56-60-64-70(75)72-68(67-73)69(74)63-59-55-51-47-43-39-18-16-14-12-10-8-6-4-2/h68-69,73-74H,3-67H2,1-2H3,(H,72,75). The number of rotatable bonds is 68. The number of carbonyl (C=O) groups excluding carboxylic acids is 2. The number of ether oxygens (including phenoxy) is 1. The normalized spacial score (nSPS) is 12.4. The van der Waals surface area contributed by atoms with Crippen molar-refractivity contribution in [1.29, 1.82) is 0 Å². The summed E-state index contributed by atoms with van der Waals surface area (Å²) < 4.78 is 5.50. The molecule has 0 aliphatic rings. The van der Waals surface area contributed by atoms with Gasteiger partial charge < -0.3 is 20.3 Å². The minimum atomic E-state index is -0.659. The maximum atomic E-state index is 12.5. The van der Waals surface area contributed by atoms with Gasteiger partial charge in [0.2, 0.25) is 5.91 Å². The summed E-state index contributed by atoms with van der Waals surface area (Å²) in [6.07, 6.45) is 81.6. The van der Waals surface area contributed by atoms with Gasteiger partial charge in [-0.3, -0.25) is 9.59 Å². The smallest absolute Gasteiger partial charge is 0.305 e. The van der Waals surface area contributed by atoms with Gasteiger partial charge in [0, 0.05) is 12.8 Å². The molecular formula is C71H141NO5. The number of esters is 1. The van der Waals surface area contributed by atoms with Crippen molar-refractivity contribution < 1.29 is 24.5 Å². The summed E-state index contributed by atoms with van der Waals surface area (Å²) in [7, 11) is 0. The highest BCUT2D eigenvalue weighted by Crippen LogP contribution is 2.20. The largest absolute Gasteiger partial charge is 0.466 e. The van der Waals surface area contributed by atoms with Crippen LogP contribution in [0.5, 0.6) is 0 Å². The van der Waals surface area contributed by atoms with Crippen molar-refractivity contribution in [3.8, 4) is 0 Å². The highest BCUT2D eigenvalue weighted by atomic mass is 16.5. The fraction of sp³-hybridized carbons (Fsp3) is 0.972. The topological polar surface area (TPSA) is 95.9 Å². The lowest BCUT2D eigenvalue weighted by Gasteiger charge is -2.22. The summed E-state index contributed by atoms with van der Waals surface area (Å²) >= 11 is 0. The first kappa shape index (κ1) is 75.9. The van der Waals surface area contributed by atoms with Crippen LogP contribution in [-0.4, -0.2) is 47.4 Å². The molecule has 0 saturated carbocycles. The molecule has 77 heavy (non-hydrogen) atoms. The molecule has 0 saturated heterocycles. The number of aliphatic hydroxyl groups excluding tert-OH is 2. The van der Waals surface area contributed by atoms with Crippen LogP contribution >= 0.6 is 0 Å². The van der Waals surface area contributed by atoms with Crippen molar-refractivity contribution in [2.45, 2.75) is 431 Å². The predicted octanol–water partition coefficient (Wildman–Crippen LogP) is 23.0. The minimum absolute atomic E-state index is 0.0248. The van der Waals surface area contributed by atoms with Crippen molar-refractivity contribution in [3.63, 3.8) is 0 Å². The summed E-state index contributed by atoms with van der Waals surface area (Å²) in [6.45, 7) is 5.00. The molecule has 1 amide bonds. The highest BCUT2D eigenvalue weighted by Gasteiger charge is 2.20. The maximum absolute atomic E-state index is 12.5. The molecule has 460 valence electrons. The molecule has 0 aromatic carbocycles. The van der Waals surface area contributed by atoms with Gasteiger partial charge in [0.15, 0.2) is 0 Å². The number of carbonyl (C=O) groups is 2. The van der Waals surface area contributed by atoms with E-state index in [9.17, 15) is 19.8 Å². The van der Waals surface area contributed by atoms with Crippen molar-refractivity contribution in [2.75, 3.05) is 13.2 Å². The van der Waals surface area contributed by atoms with Gasteiger partial charge in [0.1, 0.15) is 0 Å². The fourth-order valence-corrected chi connectivity index (χ4v) is 11.7. The molecule has 0 heterocycles. The maximum Gasteiger partial charge on any atom is 0.305 e. The molecule has 2 unspecified atom stereocenters. The van der Waals surface area contributed by atoms with Gasteiger partial charge in [-0.05, 0) is 25.7 Å². The molecule has 0 aromatic rings. The van der Waals surface area contributed by atoms with Crippen molar-refractivity contribution in [3.05, 3.63) is 0 Å². The SMILES string of the molecule is CCCCCCCCCCCCCCCCCC(=O)OCCCCCCCCCCCCCCCCCCCCCCCCCCCCCCCCCC(=O)NC(CO)C(O)CCCCCCCCCCCCCCCC. The van der Waals surface area contributed by atoms with Crippen LogP contribution in [-0.2, 0) is 14.3 Å². The Hall–Kier alpha value is -1.14. The zero-order valence-electron chi connectivity index (χ0n) is 52.7. The summed E-state index contributed by atoms with van der Waals surface area (Å²) in [6, 6.07) is -0.536. The Labute approximate surface area is 483 Å². The van der Waals surface area contributed by atoms with E-state index >= 15 is 0 Å². The molecule has 0 aromatic heterocycles. The molecule has 0 fully saturated rings. The van der Waals surface area contributed by atoms with Crippen molar-refractivity contribution >= 4 is 11.9 Å². The molecular weight excluding hydrogens is 947 g/mol. The van der Waals surface area contributed by atoms with Crippen LogP contribution < -0.4 is 5.32 Å². The molecule has 0 spiro atoms. The molecule has 6 nitrogen and oxygen atoms in total. The Morgan fingerprint density at radius 1 is 0.312 bits per heavy atom. The van der Waals surface area contributed by atoms with E-state index in [0.717, 1.165) is 38.5 Å². The average molecular weight is 1090 g/mol. The Morgan fingerprint density at radius 3 is 0.792 bits per heavy atom. The fourth-order valence-electron chi connectivity index (χ4n) is 11.7. The third-order valence-corrected chi connectivity index (χ3v) is 17.2. The van der Waals surface area contributed by atoms with Crippen LogP contribution in [0.3, 0.4) is 0 Å². The third kappa shape index (κ3) is 63.9. The number of hydrogen-bond donors (Lipinski definition) is 3. The second kappa shape index (κ2) is 67.4. The van der Waals surface area contributed by atoms with Crippen LogP contribution in [0.2, 0.25) is 0 Å². The minimum Gasteiger partial charge on any atom is -0.466 e. The summed E-state index contributed by atoms with van der Waals surface area (Å²) in [5.41, 5.74) is 0. The molecule has 0 aliphatic heterocycles. The third-order valence-electron chi connectivity index (χ3n) is 17.2. The average Bonchev–Trinajstić information content (AvgIpc) is 3.43. The monoisotopic (exact) mass is 1090 g/mol. The number of aliphatic hydroxyl groups is 2. The predicted molar refractivity (Wildman–Crippen MR) is 338 cm³/mol. The zero-order chi connectivity index (χ0) is 55.7. The van der Waals surface area contributed by atoms with E-state index in [1.54, 1.807) is 0 Å². The van der Waals surface area contributed by atoms with E-state index in [-0.39, 0.29) is 18.5 Å². The molecule has 3 N–H and O–H groups in total. The lowest BCUT2D eigenvalue weighted by molar-refractivity contribution is -0.143. The van der Waals surface area contributed by atoms with E-state index in [4.69, 9.17) is 4.74 Å². The van der Waals surface area contributed by atoms with Gasteiger partial charge in [0.25, 0.3) is 0 Å². The van der Waals surface area contributed by atoms with Gasteiger partial charge in [-0.25, -0.2) is 0 Å². The number of amides is 1. The molecule has 0 aliphatic carbocycles. The van der Waals surface area contributed by atoms with E-state index in [2.05, 4.69) is 19.2 Å². The van der Waals surface area contributed by atoms with E-state index < -0.39 is 12.1 Å². The van der Waals surface area contributed by atoms with Gasteiger partial charge in [-0.15, -0.1) is 0 Å². The Morgan fingerprint density at radius 2 is 0.532 bits per heavy atom. The van der Waals surface area contributed by atoms with E-state index in [0.29, 0.717) is 25.9 Å². The Balaban J connectivity index is 3.30. The second-order valence-electron chi connectivity index (χ2n) is 24.9. The number of unbranched alkanes of at least 4 members (excludes halogenated alkanes) is 57. The van der Waals surface area contributed by atoms with Crippen LogP contribution in [0.4, 0.5) is 0 Å². The first-order valence-electron chi connectivity index (χ1n) is 35.8. The first-order valence-corrected chi connectivity index (χ1v) is 35.8. The Bertz CT molecular complexity index is 1120. The summed E-state index contributed by atoms with van der Waals surface area (Å²) in [5.74, 6) is -0.00258. The number of hydrogen-bond acceptors (Lipinski definition) is 5. The van der Waals surface area contributed by atoms with Crippen LogP contribution in [0.25, 0.3) is 0 Å². The summed E-state index contributed by atoms with van der Waals surface area (Å²) in [5, 5.41) is 23.3. The molecule has 2 atom stereocenters. The van der Waals surface area contributed by atoms with Gasteiger partial charge in [0.05, 0.1) is 25.4 Å². The molecule has 0 rings (SSSR count). The van der Waals surface area contributed by atoms with Crippen molar-refractivity contribution in [1.82, 2.24) is 5.32 Å². The van der Waals surface area contributed by atoms with Crippen LogP contribution in [0, 0.1) is 0 Å². The van der Waals surface area contributed by atoms with Crippen molar-refractivity contribution in [2.24, 2.45) is 0 Å². The first-order chi connectivity index (χ1) is 38.0. The molecule has 0 radical (unpaired) electrons. The van der Waals surface area contributed by atoms with Gasteiger partial charge in [-0.1, -0.05) is 380 Å². The van der Waals surface area contributed by atoms with Crippen LogP contribution in [0.15, 0.2) is 0 Å². The Kier molecular flexibility index (Phi) is 66.4. The van der Waals surface area contributed by atoms with Crippen LogP contribution in [0.1, 0.15) is 418 Å². The second-order valence-corrected chi connectivity index (χ2v) is 24.9. The molecule has 6 heteroatoms. The summed E-state index contributed by atoms with van der Waals surface area (Å²) in [4.78, 5) is 24.6. The molecule has 0 bridgehead atoms. The van der Waals surface area contributed by atoms with Gasteiger partial charge >= 0.3 is 5.97 Å². The lowest BCUT2D eigenvalue weighted by Crippen LogP contribution is -2.45. The number of nitrogens with one attached hydrogen (secondary N) is 1. The van der Waals surface area contributed by atoms with Gasteiger partial charge in [-0.2, -0.15) is 0 Å².